The fraction of sp³-hybridized carbons (Fsp3) is 0.419. The Bertz CT molecular complexity index is 1490. The zero-order chi connectivity index (χ0) is 30.4. The average Bonchev–Trinajstić information content (AvgIpc) is 3.59. The van der Waals surface area contributed by atoms with Crippen LogP contribution < -0.4 is 83.2 Å². The van der Waals surface area contributed by atoms with E-state index in [0.717, 1.165) is 21.2 Å². The number of benzene rings is 2. The minimum atomic E-state index is -1.25. The number of aliphatic carboxylic acids is 1. The number of ketones is 1. The number of carboxylic acid groups (broad SMARTS) is 1. The summed E-state index contributed by atoms with van der Waals surface area (Å²) >= 11 is 1.28. The summed E-state index contributed by atoms with van der Waals surface area (Å²) in [5.41, 5.74) is 1.95. The first-order valence-corrected chi connectivity index (χ1v) is 14.4. The molecule has 3 aromatic rings. The molecule has 232 valence electrons. The van der Waals surface area contributed by atoms with Gasteiger partial charge >= 0.3 is 59.1 Å². The number of ether oxygens (including phenoxy) is 4. The Morgan fingerprint density at radius 3 is 2.00 bits per heavy atom. The molecular formula is C31H34NNa2O10S-. The molecule has 4 rings (SSSR count). The van der Waals surface area contributed by atoms with Crippen molar-refractivity contribution >= 4 is 45.4 Å². The zero-order valence-corrected chi connectivity index (χ0v) is 31.3. The maximum absolute atomic E-state index is 12.5. The van der Waals surface area contributed by atoms with Crippen molar-refractivity contribution in [2.24, 2.45) is 11.8 Å². The number of amides is 1. The average molecular weight is 659 g/mol. The largest absolute Gasteiger partial charge is 1.00 e. The van der Waals surface area contributed by atoms with Crippen LogP contribution in [0.4, 0.5) is 0 Å². The molecule has 1 aliphatic heterocycles. The van der Waals surface area contributed by atoms with Crippen molar-refractivity contribution in [3.63, 3.8) is 0 Å². The molecule has 0 fully saturated rings. The van der Waals surface area contributed by atoms with Gasteiger partial charge in [0.25, 0.3) is 0 Å². The van der Waals surface area contributed by atoms with Crippen molar-refractivity contribution in [1.82, 2.24) is 4.90 Å². The van der Waals surface area contributed by atoms with Gasteiger partial charge in [-0.25, -0.2) is 0 Å². The number of rotatable bonds is 15. The number of carbonyl (C=O) groups is 3. The predicted molar refractivity (Wildman–Crippen MR) is 156 cm³/mol. The van der Waals surface area contributed by atoms with Crippen LogP contribution in [0.2, 0.25) is 0 Å². The minimum absolute atomic E-state index is 0. The van der Waals surface area contributed by atoms with E-state index in [9.17, 15) is 24.3 Å². The van der Waals surface area contributed by atoms with Crippen LogP contribution >= 0.6 is 11.3 Å². The van der Waals surface area contributed by atoms with E-state index < -0.39 is 17.8 Å². The van der Waals surface area contributed by atoms with Gasteiger partial charge in [0.2, 0.25) is 5.91 Å². The molecule has 1 amide bonds. The van der Waals surface area contributed by atoms with E-state index >= 15 is 0 Å². The molecule has 2 atom stereocenters. The van der Waals surface area contributed by atoms with Crippen molar-refractivity contribution in [2.75, 3.05) is 27.4 Å². The van der Waals surface area contributed by atoms with Gasteiger partial charge in [0.1, 0.15) is 0 Å². The van der Waals surface area contributed by atoms with Gasteiger partial charge in [-0.2, -0.15) is 0 Å². The number of Topliss-reactive ketones (excluding diaryl/α,β-unsaturated/α-hetero) is 1. The summed E-state index contributed by atoms with van der Waals surface area (Å²) < 4.78 is 23.8. The maximum Gasteiger partial charge on any atom is 1.00 e. The molecule has 2 aromatic carbocycles. The second-order valence-electron chi connectivity index (χ2n) is 10.3. The molecule has 0 radical (unpaired) electrons. The Hall–Kier alpha value is -2.16. The molecule has 0 aliphatic carbocycles. The topological polar surface area (TPSA) is 162 Å². The van der Waals surface area contributed by atoms with E-state index in [1.165, 1.54) is 25.4 Å². The third-order valence-corrected chi connectivity index (χ3v) is 8.16. The number of hydrogen-bond acceptors (Lipinski definition) is 11. The Kier molecular flexibility index (Phi) is 17.1. The molecule has 0 unspecified atom stereocenters. The second-order valence-corrected chi connectivity index (χ2v) is 11.4. The number of methoxy groups -OCH3 is 2. The molecule has 0 saturated heterocycles. The van der Waals surface area contributed by atoms with E-state index in [1.807, 2.05) is 18.4 Å². The Morgan fingerprint density at radius 1 is 0.889 bits per heavy atom. The molecule has 2 heterocycles. The number of nitrogens with zero attached hydrogens (tertiary/aromatic N) is 1. The van der Waals surface area contributed by atoms with Crippen LogP contribution in [0.1, 0.15) is 53.9 Å². The molecule has 0 spiro atoms. The summed E-state index contributed by atoms with van der Waals surface area (Å²) in [7, 11) is 3.10. The molecular weight excluding hydrogens is 624 g/mol. The van der Waals surface area contributed by atoms with Gasteiger partial charge < -0.3 is 44.0 Å². The molecule has 0 bridgehead atoms. The number of fused-ring (bicyclic) bond motifs is 2. The fourth-order valence-electron chi connectivity index (χ4n) is 4.63. The van der Waals surface area contributed by atoms with Crippen LogP contribution in [0.5, 0.6) is 23.0 Å². The molecule has 11 nitrogen and oxygen atoms in total. The Morgan fingerprint density at radius 2 is 1.44 bits per heavy atom. The number of carbonyl (C=O) groups excluding carboxylic acids is 4. The molecule has 14 heteroatoms. The summed E-state index contributed by atoms with van der Waals surface area (Å²) in [6, 6.07) is 9.09. The van der Waals surface area contributed by atoms with Crippen molar-refractivity contribution < 1.29 is 108 Å². The first-order valence-electron chi connectivity index (χ1n) is 13.6. The first kappa shape index (κ1) is 40.9. The SMILES string of the molecule is COc1cc2c(cc1OCCCOc1cc3cc(C(=O)C[C@H](C)C(=O)[O-])sc3cc1OC)CN(C(=O)C[C@H](C)[C-]=O)C2.[Na+].[Na+].[OH-]. The van der Waals surface area contributed by atoms with Crippen molar-refractivity contribution in [3.8, 4) is 23.0 Å². The Labute approximate surface area is 310 Å². The molecule has 45 heavy (non-hydrogen) atoms. The summed E-state index contributed by atoms with van der Waals surface area (Å²) in [6.07, 6.45) is 2.42. The van der Waals surface area contributed by atoms with Crippen LogP contribution in [0.3, 0.4) is 0 Å². The zero-order valence-electron chi connectivity index (χ0n) is 26.5. The van der Waals surface area contributed by atoms with Gasteiger partial charge in [0.15, 0.2) is 28.8 Å². The Balaban J connectivity index is 0.00000337. The van der Waals surface area contributed by atoms with Gasteiger partial charge in [0.05, 0.1) is 32.3 Å². The van der Waals surface area contributed by atoms with E-state index in [2.05, 4.69) is 0 Å². The monoisotopic (exact) mass is 658 g/mol. The standard InChI is InChI=1S/C31H34NO9S.2Na.H2O/c1-18(17-33)8-30(35)32-15-21-11-24(38-3)27(12-22(21)16-32)41-7-5-6-40-26-10-20-13-29(23(34)9-19(2)31(36)37)42-28(20)14-25(26)39-4;;;/h10-14,18-19H,5-9,15-16H2,1-4H3,(H,36,37);;;1H2/q-1;2*+1;/p-2/t18-,19-;;;/m0.../s1. The summed E-state index contributed by atoms with van der Waals surface area (Å²) in [6.45, 7) is 4.71. The van der Waals surface area contributed by atoms with Crippen LogP contribution in [0.15, 0.2) is 30.3 Å². The van der Waals surface area contributed by atoms with E-state index in [-0.39, 0.29) is 89.1 Å². The molecule has 1 N–H and O–H groups in total. The summed E-state index contributed by atoms with van der Waals surface area (Å²) in [5.74, 6) is -0.717. The third kappa shape index (κ3) is 10.4. The first-order chi connectivity index (χ1) is 20.1. The van der Waals surface area contributed by atoms with Crippen LogP contribution in [0, 0.1) is 11.8 Å². The molecule has 0 saturated carbocycles. The van der Waals surface area contributed by atoms with Crippen molar-refractivity contribution in [2.45, 2.75) is 46.2 Å². The number of hydrogen-bond donors (Lipinski definition) is 0. The maximum atomic E-state index is 12.5. The van der Waals surface area contributed by atoms with E-state index in [4.69, 9.17) is 18.9 Å². The van der Waals surface area contributed by atoms with Gasteiger partial charge in [-0.05, 0) is 40.8 Å². The summed E-state index contributed by atoms with van der Waals surface area (Å²) in [5, 5.41) is 11.8. The number of carboxylic acids is 1. The smallest absolute Gasteiger partial charge is 0.870 e. The van der Waals surface area contributed by atoms with E-state index in [1.54, 1.807) is 37.1 Å². The van der Waals surface area contributed by atoms with Crippen molar-refractivity contribution in [1.29, 1.82) is 0 Å². The second kappa shape index (κ2) is 18.9. The van der Waals surface area contributed by atoms with Crippen molar-refractivity contribution in [3.05, 3.63) is 46.3 Å². The van der Waals surface area contributed by atoms with Crippen LogP contribution in [-0.4, -0.2) is 61.8 Å². The van der Waals surface area contributed by atoms with Gasteiger partial charge in [-0.1, -0.05) is 13.8 Å². The number of thiophene rings is 1. The van der Waals surface area contributed by atoms with E-state index in [0.29, 0.717) is 60.6 Å². The van der Waals surface area contributed by atoms with Gasteiger partial charge in [-0.3, -0.25) is 15.9 Å². The minimum Gasteiger partial charge on any atom is -0.870 e. The van der Waals surface area contributed by atoms with Gasteiger partial charge in [-0.15, -0.1) is 17.3 Å². The predicted octanol–water partition coefficient (Wildman–Crippen LogP) is -2.47. The third-order valence-electron chi connectivity index (χ3n) is 7.02. The van der Waals surface area contributed by atoms with Gasteiger partial charge in [0, 0.05) is 55.0 Å². The molecule has 1 aromatic heterocycles. The fourth-order valence-corrected chi connectivity index (χ4v) is 5.65. The van der Waals surface area contributed by atoms with Crippen LogP contribution in [-0.2, 0) is 27.5 Å². The normalized spacial score (nSPS) is 12.8. The summed E-state index contributed by atoms with van der Waals surface area (Å²) in [4.78, 5) is 49.1. The van der Waals surface area contributed by atoms with Crippen LogP contribution in [0.25, 0.3) is 10.1 Å². The molecule has 1 aliphatic rings. The quantitative estimate of drug-likeness (QED) is 0.0741.